The normalized spacial score (nSPS) is 31.6. The minimum absolute atomic E-state index is 0.116. The summed E-state index contributed by atoms with van der Waals surface area (Å²) in [7, 11) is 0. The fourth-order valence-electron chi connectivity index (χ4n) is 2.68. The van der Waals surface area contributed by atoms with Crippen LogP contribution < -0.4 is 0 Å². The highest BCUT2D eigenvalue weighted by Gasteiger charge is 2.60. The monoisotopic (exact) mass is 189 g/mol. The maximum Gasteiger partial charge on any atom is 0.256 e. The lowest BCUT2D eigenvalue weighted by molar-refractivity contribution is -0.211. The average Bonchev–Trinajstić information content (AvgIpc) is 2.00. The standard InChI is InChI=1S/C10H17F2N/c1-2-13-7-9(8-13)5-3-4-6-10(9,11)12/h2-8H2,1H3. The summed E-state index contributed by atoms with van der Waals surface area (Å²) in [5, 5.41) is 0. The van der Waals surface area contributed by atoms with E-state index in [0.29, 0.717) is 19.5 Å². The van der Waals surface area contributed by atoms with Gasteiger partial charge in [-0.3, -0.25) is 0 Å². The van der Waals surface area contributed by atoms with Crippen molar-refractivity contribution in [1.82, 2.24) is 4.90 Å². The van der Waals surface area contributed by atoms with Crippen LogP contribution in [0.2, 0.25) is 0 Å². The molecule has 1 nitrogen and oxygen atoms in total. The zero-order valence-electron chi connectivity index (χ0n) is 8.15. The summed E-state index contributed by atoms with van der Waals surface area (Å²) >= 11 is 0. The van der Waals surface area contributed by atoms with Crippen LogP contribution in [0.1, 0.15) is 32.6 Å². The van der Waals surface area contributed by atoms with Crippen molar-refractivity contribution in [3.63, 3.8) is 0 Å². The molecule has 0 N–H and O–H groups in total. The van der Waals surface area contributed by atoms with E-state index < -0.39 is 11.3 Å². The predicted molar refractivity (Wildman–Crippen MR) is 48.0 cm³/mol. The quantitative estimate of drug-likeness (QED) is 0.612. The molecule has 2 aliphatic rings. The van der Waals surface area contributed by atoms with Gasteiger partial charge in [-0.05, 0) is 19.4 Å². The van der Waals surface area contributed by atoms with Crippen LogP contribution in [0.15, 0.2) is 0 Å². The van der Waals surface area contributed by atoms with E-state index in [4.69, 9.17) is 0 Å². The highest BCUT2D eigenvalue weighted by molar-refractivity contribution is 5.05. The molecule has 0 atom stereocenters. The number of nitrogens with zero attached hydrogens (tertiary/aromatic N) is 1. The zero-order chi connectivity index (χ0) is 9.53. The minimum Gasteiger partial charge on any atom is -0.302 e. The average molecular weight is 189 g/mol. The molecule has 2 fully saturated rings. The smallest absolute Gasteiger partial charge is 0.256 e. The van der Waals surface area contributed by atoms with Crippen LogP contribution in [-0.4, -0.2) is 30.5 Å². The lowest BCUT2D eigenvalue weighted by atomic mass is 9.66. The molecule has 0 amide bonds. The van der Waals surface area contributed by atoms with Gasteiger partial charge in [-0.2, -0.15) is 0 Å². The van der Waals surface area contributed by atoms with Gasteiger partial charge in [0.1, 0.15) is 0 Å². The molecule has 76 valence electrons. The molecule has 0 radical (unpaired) electrons. The molecule has 2 rings (SSSR count). The van der Waals surface area contributed by atoms with E-state index in [-0.39, 0.29) is 6.42 Å². The number of hydrogen-bond donors (Lipinski definition) is 0. The van der Waals surface area contributed by atoms with E-state index in [0.717, 1.165) is 19.4 Å². The molecule has 0 aromatic heterocycles. The largest absolute Gasteiger partial charge is 0.302 e. The van der Waals surface area contributed by atoms with E-state index in [9.17, 15) is 8.78 Å². The molecule has 1 saturated carbocycles. The molecule has 0 bridgehead atoms. The molecule has 0 aromatic rings. The molecule has 1 saturated heterocycles. The van der Waals surface area contributed by atoms with Crippen molar-refractivity contribution in [3.05, 3.63) is 0 Å². The first-order valence-corrected chi connectivity index (χ1v) is 5.20. The third kappa shape index (κ3) is 1.28. The van der Waals surface area contributed by atoms with Crippen molar-refractivity contribution in [2.75, 3.05) is 19.6 Å². The Labute approximate surface area is 78.1 Å². The van der Waals surface area contributed by atoms with Crippen molar-refractivity contribution in [1.29, 1.82) is 0 Å². The van der Waals surface area contributed by atoms with E-state index in [1.165, 1.54) is 0 Å². The Hall–Kier alpha value is -0.180. The Morgan fingerprint density at radius 3 is 2.31 bits per heavy atom. The zero-order valence-corrected chi connectivity index (χ0v) is 8.15. The summed E-state index contributed by atoms with van der Waals surface area (Å²) in [5.41, 5.74) is -0.638. The summed E-state index contributed by atoms with van der Waals surface area (Å²) < 4.78 is 27.2. The first kappa shape index (κ1) is 9.38. The fraction of sp³-hybridized carbons (Fsp3) is 1.00. The summed E-state index contributed by atoms with van der Waals surface area (Å²) in [4.78, 5) is 2.11. The molecule has 13 heavy (non-hydrogen) atoms. The molecule has 1 heterocycles. The van der Waals surface area contributed by atoms with Gasteiger partial charge in [-0.1, -0.05) is 13.3 Å². The van der Waals surface area contributed by atoms with E-state index in [1.54, 1.807) is 0 Å². The van der Waals surface area contributed by atoms with Gasteiger partial charge in [0, 0.05) is 19.5 Å². The molecular weight excluding hydrogens is 172 g/mol. The fourth-order valence-corrected chi connectivity index (χ4v) is 2.68. The van der Waals surface area contributed by atoms with E-state index in [1.807, 2.05) is 6.92 Å². The van der Waals surface area contributed by atoms with Gasteiger partial charge >= 0.3 is 0 Å². The lowest BCUT2D eigenvalue weighted by Crippen LogP contribution is -2.65. The van der Waals surface area contributed by atoms with Crippen LogP contribution in [-0.2, 0) is 0 Å². The van der Waals surface area contributed by atoms with Crippen molar-refractivity contribution < 1.29 is 8.78 Å². The molecule has 0 aromatic carbocycles. The molecular formula is C10H17F2N. The maximum atomic E-state index is 13.6. The van der Waals surface area contributed by atoms with Gasteiger partial charge in [0.15, 0.2) is 0 Å². The number of rotatable bonds is 1. The van der Waals surface area contributed by atoms with Crippen LogP contribution >= 0.6 is 0 Å². The molecule has 1 spiro atoms. The summed E-state index contributed by atoms with van der Waals surface area (Å²) in [6.07, 6.45) is 2.55. The number of alkyl halides is 2. The van der Waals surface area contributed by atoms with Crippen molar-refractivity contribution >= 4 is 0 Å². The van der Waals surface area contributed by atoms with Gasteiger partial charge in [0.25, 0.3) is 5.92 Å². The number of halogens is 2. The predicted octanol–water partition coefficient (Wildman–Crippen LogP) is 2.52. The molecule has 1 aliphatic carbocycles. The number of hydrogen-bond acceptors (Lipinski definition) is 1. The third-order valence-electron chi connectivity index (χ3n) is 3.67. The van der Waals surface area contributed by atoms with Crippen LogP contribution in [0.5, 0.6) is 0 Å². The second kappa shape index (κ2) is 2.91. The molecule has 0 unspecified atom stereocenters. The third-order valence-corrected chi connectivity index (χ3v) is 3.67. The Kier molecular flexibility index (Phi) is 2.10. The van der Waals surface area contributed by atoms with Gasteiger partial charge in [0.05, 0.1) is 5.41 Å². The Morgan fingerprint density at radius 1 is 1.15 bits per heavy atom. The van der Waals surface area contributed by atoms with E-state index >= 15 is 0 Å². The van der Waals surface area contributed by atoms with Gasteiger partial charge < -0.3 is 4.90 Å². The highest BCUT2D eigenvalue weighted by Crippen LogP contribution is 2.53. The van der Waals surface area contributed by atoms with Crippen LogP contribution in [0.3, 0.4) is 0 Å². The molecule has 3 heteroatoms. The second-order valence-electron chi connectivity index (χ2n) is 4.50. The van der Waals surface area contributed by atoms with E-state index in [2.05, 4.69) is 4.90 Å². The lowest BCUT2D eigenvalue weighted by Gasteiger charge is -2.55. The second-order valence-corrected chi connectivity index (χ2v) is 4.50. The minimum atomic E-state index is -2.39. The topological polar surface area (TPSA) is 3.24 Å². The van der Waals surface area contributed by atoms with Gasteiger partial charge in [-0.25, -0.2) is 8.78 Å². The van der Waals surface area contributed by atoms with Crippen LogP contribution in [0, 0.1) is 5.41 Å². The number of likely N-dealkylation sites (tertiary alicyclic amines) is 1. The Bertz CT molecular complexity index is 197. The van der Waals surface area contributed by atoms with Crippen LogP contribution in [0.25, 0.3) is 0 Å². The van der Waals surface area contributed by atoms with Crippen molar-refractivity contribution in [3.8, 4) is 0 Å². The van der Waals surface area contributed by atoms with Crippen molar-refractivity contribution in [2.24, 2.45) is 5.41 Å². The summed E-state index contributed by atoms with van der Waals surface area (Å²) in [6.45, 7) is 4.19. The molecule has 1 aliphatic heterocycles. The summed E-state index contributed by atoms with van der Waals surface area (Å²) in [6, 6.07) is 0. The first-order valence-electron chi connectivity index (χ1n) is 5.20. The van der Waals surface area contributed by atoms with Crippen molar-refractivity contribution in [2.45, 2.75) is 38.5 Å². The highest BCUT2D eigenvalue weighted by atomic mass is 19.3. The SMILES string of the molecule is CCN1CC2(CCCCC2(F)F)C1. The van der Waals surface area contributed by atoms with Gasteiger partial charge in [0.2, 0.25) is 0 Å². The summed E-state index contributed by atoms with van der Waals surface area (Å²) in [5.74, 6) is -2.39. The maximum absolute atomic E-state index is 13.6. The van der Waals surface area contributed by atoms with Gasteiger partial charge in [-0.15, -0.1) is 0 Å². The van der Waals surface area contributed by atoms with Crippen LogP contribution in [0.4, 0.5) is 8.78 Å². The Morgan fingerprint density at radius 2 is 1.77 bits per heavy atom. The first-order chi connectivity index (χ1) is 6.10. The Balaban J connectivity index is 2.05.